The molecule has 0 saturated carbocycles. The average molecular weight is 275 g/mol. The maximum absolute atomic E-state index is 4.25. The molecule has 1 unspecified atom stereocenters. The lowest BCUT2D eigenvalue weighted by Crippen LogP contribution is -2.27. The third-order valence-electron chi connectivity index (χ3n) is 2.85. The molecule has 1 fully saturated rings. The maximum Gasteiger partial charge on any atom is 0.159 e. The second-order valence-electron chi connectivity index (χ2n) is 4.09. The molecule has 4 heteroatoms. The van der Waals surface area contributed by atoms with Crippen molar-refractivity contribution < 1.29 is 0 Å². The predicted octanol–water partition coefficient (Wildman–Crippen LogP) is 3.10. The number of hydrogen-bond acceptors (Lipinski definition) is 3. The van der Waals surface area contributed by atoms with E-state index in [1.54, 1.807) is 11.3 Å². The Hall–Kier alpha value is 0.0700. The summed E-state index contributed by atoms with van der Waals surface area (Å²) < 4.78 is 1.01. The summed E-state index contributed by atoms with van der Waals surface area (Å²) in [5, 5.41) is 0. The van der Waals surface area contributed by atoms with E-state index in [9.17, 15) is 0 Å². The molecule has 0 N–H and O–H groups in total. The smallest absolute Gasteiger partial charge is 0.159 e. The van der Waals surface area contributed by atoms with Crippen molar-refractivity contribution in [2.75, 3.05) is 13.1 Å². The largest absolute Gasteiger partial charge is 0.300 e. The number of thiazole rings is 1. The van der Waals surface area contributed by atoms with Crippen LogP contribution in [0, 0.1) is 0 Å². The maximum atomic E-state index is 4.25. The molecule has 2 heterocycles. The number of rotatable bonds is 2. The third-order valence-corrected chi connectivity index (χ3v) is 4.49. The Labute approximate surface area is 97.5 Å². The number of aromatic nitrogens is 1. The van der Waals surface area contributed by atoms with Crippen molar-refractivity contribution in [1.82, 2.24) is 9.88 Å². The van der Waals surface area contributed by atoms with E-state index in [-0.39, 0.29) is 0 Å². The zero-order chi connectivity index (χ0) is 10.1. The van der Waals surface area contributed by atoms with Gasteiger partial charge in [-0.3, -0.25) is 0 Å². The van der Waals surface area contributed by atoms with Gasteiger partial charge in [-0.05, 0) is 42.7 Å². The molecule has 0 aliphatic carbocycles. The first-order chi connectivity index (χ1) is 6.66. The summed E-state index contributed by atoms with van der Waals surface area (Å²) in [6, 6.07) is 0.677. The van der Waals surface area contributed by atoms with Crippen LogP contribution in [0.1, 0.15) is 31.1 Å². The Balaban J connectivity index is 2.02. The van der Waals surface area contributed by atoms with Crippen LogP contribution in [-0.4, -0.2) is 29.0 Å². The van der Waals surface area contributed by atoms with Crippen LogP contribution in [0.5, 0.6) is 0 Å². The summed E-state index contributed by atoms with van der Waals surface area (Å²) in [7, 11) is 0. The first-order valence-electron chi connectivity index (χ1n) is 5.02. The highest BCUT2D eigenvalue weighted by molar-refractivity contribution is 9.11. The normalized spacial score (nSPS) is 23.6. The highest BCUT2D eigenvalue weighted by Gasteiger charge is 2.26. The van der Waals surface area contributed by atoms with Crippen molar-refractivity contribution in [3.63, 3.8) is 0 Å². The van der Waals surface area contributed by atoms with E-state index in [4.69, 9.17) is 0 Å². The second kappa shape index (κ2) is 4.29. The zero-order valence-corrected chi connectivity index (χ0v) is 10.9. The van der Waals surface area contributed by atoms with Crippen molar-refractivity contribution in [1.29, 1.82) is 0 Å². The molecule has 0 bridgehead atoms. The SMILES string of the molecule is CC(C)N1CCC(c2cnc(Br)s2)C1. The van der Waals surface area contributed by atoms with Gasteiger partial charge in [-0.25, -0.2) is 4.98 Å². The molecule has 1 aromatic rings. The van der Waals surface area contributed by atoms with E-state index in [0.717, 1.165) is 3.92 Å². The molecule has 2 rings (SSSR count). The lowest BCUT2D eigenvalue weighted by molar-refractivity contribution is 0.273. The van der Waals surface area contributed by atoms with Crippen LogP contribution < -0.4 is 0 Å². The van der Waals surface area contributed by atoms with Gasteiger partial charge in [0, 0.05) is 29.6 Å². The quantitative estimate of drug-likeness (QED) is 0.824. The van der Waals surface area contributed by atoms with Crippen LogP contribution >= 0.6 is 27.3 Å². The summed E-state index contributed by atoms with van der Waals surface area (Å²) in [6.45, 7) is 6.97. The number of likely N-dealkylation sites (tertiary alicyclic amines) is 1. The number of hydrogen-bond donors (Lipinski definition) is 0. The number of nitrogens with zero attached hydrogens (tertiary/aromatic N) is 2. The molecule has 0 amide bonds. The minimum atomic E-state index is 0.677. The molecular formula is C10H15BrN2S. The molecule has 0 aromatic carbocycles. The van der Waals surface area contributed by atoms with E-state index in [1.165, 1.54) is 24.4 Å². The van der Waals surface area contributed by atoms with Crippen LogP contribution in [0.3, 0.4) is 0 Å². The highest BCUT2D eigenvalue weighted by atomic mass is 79.9. The molecule has 0 spiro atoms. The highest BCUT2D eigenvalue weighted by Crippen LogP contribution is 2.33. The lowest BCUT2D eigenvalue weighted by Gasteiger charge is -2.19. The van der Waals surface area contributed by atoms with Crippen LogP contribution in [0.25, 0.3) is 0 Å². The van der Waals surface area contributed by atoms with Gasteiger partial charge in [0.05, 0.1) is 0 Å². The van der Waals surface area contributed by atoms with Gasteiger partial charge in [0.2, 0.25) is 0 Å². The van der Waals surface area contributed by atoms with Gasteiger partial charge in [-0.1, -0.05) is 0 Å². The Morgan fingerprint density at radius 2 is 2.43 bits per heavy atom. The van der Waals surface area contributed by atoms with Crippen molar-refractivity contribution in [3.05, 3.63) is 15.0 Å². The average Bonchev–Trinajstić information content (AvgIpc) is 2.70. The van der Waals surface area contributed by atoms with Crippen molar-refractivity contribution in [3.8, 4) is 0 Å². The lowest BCUT2D eigenvalue weighted by atomic mass is 10.1. The molecule has 2 nitrogen and oxygen atoms in total. The van der Waals surface area contributed by atoms with Gasteiger partial charge in [0.25, 0.3) is 0 Å². The minimum absolute atomic E-state index is 0.677. The third kappa shape index (κ3) is 2.18. The topological polar surface area (TPSA) is 16.1 Å². The van der Waals surface area contributed by atoms with E-state index in [1.807, 2.05) is 6.20 Å². The standard InChI is InChI=1S/C10H15BrN2S/c1-7(2)13-4-3-8(6-13)9-5-12-10(11)14-9/h5,7-8H,3-4,6H2,1-2H3. The first kappa shape index (κ1) is 10.6. The second-order valence-corrected chi connectivity index (χ2v) is 6.43. The summed E-state index contributed by atoms with van der Waals surface area (Å²) in [6.07, 6.45) is 3.30. The molecule has 1 saturated heterocycles. The molecule has 14 heavy (non-hydrogen) atoms. The van der Waals surface area contributed by atoms with Crippen molar-refractivity contribution >= 4 is 27.3 Å². The van der Waals surface area contributed by atoms with Crippen LogP contribution in [0.15, 0.2) is 10.1 Å². The van der Waals surface area contributed by atoms with E-state index >= 15 is 0 Å². The van der Waals surface area contributed by atoms with Crippen molar-refractivity contribution in [2.45, 2.75) is 32.2 Å². The molecule has 1 aliphatic rings. The fraction of sp³-hybridized carbons (Fsp3) is 0.700. The molecule has 1 atom stereocenters. The molecule has 0 radical (unpaired) electrons. The summed E-state index contributed by atoms with van der Waals surface area (Å²) in [5.74, 6) is 0.709. The first-order valence-corrected chi connectivity index (χ1v) is 6.63. The Morgan fingerprint density at radius 3 is 2.93 bits per heavy atom. The van der Waals surface area contributed by atoms with E-state index < -0.39 is 0 Å². The monoisotopic (exact) mass is 274 g/mol. The van der Waals surface area contributed by atoms with Crippen molar-refractivity contribution in [2.24, 2.45) is 0 Å². The van der Waals surface area contributed by atoms with Gasteiger partial charge < -0.3 is 4.90 Å². The summed E-state index contributed by atoms with van der Waals surface area (Å²) >= 11 is 5.19. The molecule has 1 aromatic heterocycles. The van der Waals surface area contributed by atoms with Gasteiger partial charge in [-0.15, -0.1) is 11.3 Å². The molecule has 78 valence electrons. The summed E-state index contributed by atoms with van der Waals surface area (Å²) in [4.78, 5) is 8.22. The van der Waals surface area contributed by atoms with Gasteiger partial charge >= 0.3 is 0 Å². The molecule has 1 aliphatic heterocycles. The van der Waals surface area contributed by atoms with Gasteiger partial charge in [-0.2, -0.15) is 0 Å². The zero-order valence-electron chi connectivity index (χ0n) is 8.53. The fourth-order valence-corrected chi connectivity index (χ4v) is 3.37. The summed E-state index contributed by atoms with van der Waals surface area (Å²) in [5.41, 5.74) is 0. The van der Waals surface area contributed by atoms with E-state index in [2.05, 4.69) is 39.7 Å². The Kier molecular flexibility index (Phi) is 3.24. The van der Waals surface area contributed by atoms with E-state index in [0.29, 0.717) is 12.0 Å². The fourth-order valence-electron chi connectivity index (χ4n) is 1.94. The Bertz CT molecular complexity index is 311. The Morgan fingerprint density at radius 1 is 1.64 bits per heavy atom. The minimum Gasteiger partial charge on any atom is -0.300 e. The van der Waals surface area contributed by atoms with Gasteiger partial charge in [0.15, 0.2) is 3.92 Å². The van der Waals surface area contributed by atoms with Crippen LogP contribution in [0.2, 0.25) is 0 Å². The molecular weight excluding hydrogens is 260 g/mol. The van der Waals surface area contributed by atoms with Crippen LogP contribution in [-0.2, 0) is 0 Å². The predicted molar refractivity (Wildman–Crippen MR) is 63.9 cm³/mol. The van der Waals surface area contributed by atoms with Gasteiger partial charge in [0.1, 0.15) is 0 Å². The van der Waals surface area contributed by atoms with Crippen LogP contribution in [0.4, 0.5) is 0 Å². The number of halogens is 1.